The van der Waals surface area contributed by atoms with E-state index in [-0.39, 0.29) is 25.3 Å². The van der Waals surface area contributed by atoms with Crippen LogP contribution >= 0.6 is 11.3 Å². The van der Waals surface area contributed by atoms with Crippen LogP contribution in [0.3, 0.4) is 0 Å². The Labute approximate surface area is 277 Å². The SMILES string of the molecule is C=CC1C[C@]1(NC(=O)[C@@H]1C[C@@H](Oc2nc3ccccc3nc2-c2cccs2)CN1C(=O)[C@@H](NC(=O)OC(C)(C)C)C(C)(C)C)C(=O)O. The second-order valence-corrected chi connectivity index (χ2v) is 15.0. The molecule has 1 saturated carbocycles. The minimum absolute atomic E-state index is 0.0250. The summed E-state index contributed by atoms with van der Waals surface area (Å²) in [5.41, 5.74) is -1.25. The molecule has 1 aliphatic carbocycles. The second kappa shape index (κ2) is 12.6. The summed E-state index contributed by atoms with van der Waals surface area (Å²) in [4.78, 5) is 65.0. The lowest BCUT2D eigenvalue weighted by Gasteiger charge is -2.35. The number of carboxylic acids is 1. The molecule has 5 rings (SSSR count). The molecule has 1 aliphatic heterocycles. The highest BCUT2D eigenvalue weighted by Crippen LogP contribution is 2.45. The second-order valence-electron chi connectivity index (χ2n) is 14.1. The molecule has 47 heavy (non-hydrogen) atoms. The number of carbonyl (C=O) groups excluding carboxylic acids is 3. The summed E-state index contributed by atoms with van der Waals surface area (Å²) in [7, 11) is 0. The van der Waals surface area contributed by atoms with Crippen LogP contribution in [0.25, 0.3) is 21.6 Å². The normalized spacial score (nSPS) is 23.1. The summed E-state index contributed by atoms with van der Waals surface area (Å²) in [5.74, 6) is -2.54. The van der Waals surface area contributed by atoms with Gasteiger partial charge in [0.1, 0.15) is 35.0 Å². The number of rotatable bonds is 9. The molecule has 3 aromatic rings. The number of nitrogens with zero attached hydrogens (tertiary/aromatic N) is 3. The number of ether oxygens (including phenoxy) is 2. The van der Waals surface area contributed by atoms with Crippen molar-refractivity contribution < 1.29 is 33.8 Å². The molecule has 1 unspecified atom stereocenters. The molecular formula is C34H41N5O7S. The molecule has 12 nitrogen and oxygen atoms in total. The molecule has 2 fully saturated rings. The minimum atomic E-state index is -1.50. The summed E-state index contributed by atoms with van der Waals surface area (Å²) >= 11 is 1.47. The van der Waals surface area contributed by atoms with Crippen LogP contribution < -0.4 is 15.4 Å². The number of carbonyl (C=O) groups is 4. The van der Waals surface area contributed by atoms with Crippen molar-refractivity contribution in [2.24, 2.45) is 11.3 Å². The van der Waals surface area contributed by atoms with E-state index in [4.69, 9.17) is 19.4 Å². The first-order chi connectivity index (χ1) is 22.0. The maximum Gasteiger partial charge on any atom is 0.408 e. The molecule has 0 bridgehead atoms. The molecule has 5 atom stereocenters. The van der Waals surface area contributed by atoms with Gasteiger partial charge in [0, 0.05) is 12.3 Å². The zero-order valence-electron chi connectivity index (χ0n) is 27.4. The summed E-state index contributed by atoms with van der Waals surface area (Å²) < 4.78 is 11.9. The van der Waals surface area contributed by atoms with E-state index < -0.39 is 64.5 Å². The van der Waals surface area contributed by atoms with Crippen LogP contribution in [0.2, 0.25) is 0 Å². The van der Waals surface area contributed by atoms with Gasteiger partial charge in [-0.2, -0.15) is 0 Å². The lowest BCUT2D eigenvalue weighted by molar-refractivity contribution is -0.146. The molecule has 0 spiro atoms. The molecule has 1 saturated heterocycles. The van der Waals surface area contributed by atoms with Crippen LogP contribution in [-0.4, -0.2) is 79.7 Å². The third kappa shape index (κ3) is 7.24. The fourth-order valence-electron chi connectivity index (χ4n) is 5.73. The molecule has 3 heterocycles. The number of aromatic nitrogens is 2. The number of hydrogen-bond acceptors (Lipinski definition) is 9. The number of benzene rings is 1. The number of aliphatic carboxylic acids is 1. The number of likely N-dealkylation sites (tertiary alicyclic amines) is 1. The third-order valence-corrected chi connectivity index (χ3v) is 9.10. The van der Waals surface area contributed by atoms with E-state index >= 15 is 0 Å². The molecule has 250 valence electrons. The largest absolute Gasteiger partial charge is 0.479 e. The van der Waals surface area contributed by atoms with E-state index in [1.807, 2.05) is 41.8 Å². The fourth-order valence-corrected chi connectivity index (χ4v) is 6.44. The van der Waals surface area contributed by atoms with E-state index in [1.165, 1.54) is 22.3 Å². The number of amides is 3. The van der Waals surface area contributed by atoms with Gasteiger partial charge in [0.05, 0.1) is 22.5 Å². The molecule has 2 aliphatic rings. The molecule has 0 radical (unpaired) electrons. The molecular weight excluding hydrogens is 622 g/mol. The molecule has 13 heteroatoms. The first-order valence-corrected chi connectivity index (χ1v) is 16.4. The van der Waals surface area contributed by atoms with Crippen LogP contribution in [0.15, 0.2) is 54.4 Å². The first kappa shape index (κ1) is 33.8. The zero-order valence-corrected chi connectivity index (χ0v) is 28.2. The van der Waals surface area contributed by atoms with Gasteiger partial charge < -0.3 is 30.1 Å². The smallest absolute Gasteiger partial charge is 0.408 e. The van der Waals surface area contributed by atoms with Gasteiger partial charge in [-0.05, 0) is 56.2 Å². The lowest BCUT2D eigenvalue weighted by atomic mass is 9.85. The van der Waals surface area contributed by atoms with Gasteiger partial charge in [-0.15, -0.1) is 17.9 Å². The molecule has 1 aromatic carbocycles. The van der Waals surface area contributed by atoms with Crippen molar-refractivity contribution in [1.29, 1.82) is 0 Å². The number of alkyl carbamates (subject to hydrolysis) is 1. The van der Waals surface area contributed by atoms with E-state index in [9.17, 15) is 24.3 Å². The Morgan fingerprint density at radius 1 is 1.09 bits per heavy atom. The number of para-hydroxylation sites is 2. The van der Waals surface area contributed by atoms with E-state index in [2.05, 4.69) is 17.2 Å². The minimum Gasteiger partial charge on any atom is -0.479 e. The fraction of sp³-hybridized carbons (Fsp3) is 0.471. The highest BCUT2D eigenvalue weighted by atomic mass is 32.1. The Kier molecular flexibility index (Phi) is 9.06. The molecule has 3 amide bonds. The molecule has 3 N–H and O–H groups in total. The summed E-state index contributed by atoms with van der Waals surface area (Å²) in [5, 5.41) is 17.3. The van der Waals surface area contributed by atoms with Crippen LogP contribution in [0.1, 0.15) is 54.4 Å². The van der Waals surface area contributed by atoms with E-state index in [0.717, 1.165) is 4.88 Å². The molecule has 2 aromatic heterocycles. The number of nitrogens with one attached hydrogen (secondary N) is 2. The highest BCUT2D eigenvalue weighted by Gasteiger charge is 2.61. The van der Waals surface area contributed by atoms with Crippen LogP contribution in [0.5, 0.6) is 5.88 Å². The van der Waals surface area contributed by atoms with Gasteiger partial charge in [-0.3, -0.25) is 9.59 Å². The summed E-state index contributed by atoms with van der Waals surface area (Å²) in [6.45, 7) is 14.2. The Balaban J connectivity index is 1.48. The Bertz CT molecular complexity index is 1700. The van der Waals surface area contributed by atoms with Gasteiger partial charge in [0.15, 0.2) is 0 Å². The average Bonchev–Trinajstić information content (AvgIpc) is 3.29. The highest BCUT2D eigenvalue weighted by molar-refractivity contribution is 7.13. The van der Waals surface area contributed by atoms with E-state index in [1.54, 1.807) is 41.5 Å². The van der Waals surface area contributed by atoms with Crippen molar-refractivity contribution in [3.63, 3.8) is 0 Å². The lowest BCUT2D eigenvalue weighted by Crippen LogP contribution is -2.59. The maximum absolute atomic E-state index is 14.3. The quantitative estimate of drug-likeness (QED) is 0.274. The topological polar surface area (TPSA) is 160 Å². The van der Waals surface area contributed by atoms with Crippen molar-refractivity contribution in [3.05, 3.63) is 54.4 Å². The number of carboxylic acid groups (broad SMARTS) is 1. The number of fused-ring (bicyclic) bond motifs is 1. The van der Waals surface area contributed by atoms with Crippen molar-refractivity contribution in [3.8, 4) is 16.5 Å². The Morgan fingerprint density at radius 3 is 2.32 bits per heavy atom. The van der Waals surface area contributed by atoms with Crippen molar-refractivity contribution in [2.75, 3.05) is 6.54 Å². The van der Waals surface area contributed by atoms with Crippen molar-refractivity contribution in [1.82, 2.24) is 25.5 Å². The van der Waals surface area contributed by atoms with Crippen LogP contribution in [0, 0.1) is 11.3 Å². The Morgan fingerprint density at radius 2 is 1.77 bits per heavy atom. The first-order valence-electron chi connectivity index (χ1n) is 15.5. The summed E-state index contributed by atoms with van der Waals surface area (Å²) in [6, 6.07) is 9.02. The average molecular weight is 664 g/mol. The summed E-state index contributed by atoms with van der Waals surface area (Å²) in [6.07, 6.45) is 0.264. The van der Waals surface area contributed by atoms with Crippen molar-refractivity contribution in [2.45, 2.75) is 83.7 Å². The van der Waals surface area contributed by atoms with Gasteiger partial charge in [-0.25, -0.2) is 19.6 Å². The standard InChI is InChI=1S/C34H41N5O7S/c1-8-19-17-34(19,30(42)43)38-27(40)23-16-20(18-39(23)29(41)26(32(2,3)4)37-31(44)46-33(5,6)7)45-28-25(24-14-11-15-47-24)35-21-12-9-10-13-22(21)36-28/h8-15,19-20,23,26H,1,16-18H2,2-7H3,(H,37,44)(H,38,40)(H,42,43)/t19?,20-,23+,26-,34-/m1/s1. The van der Waals surface area contributed by atoms with Gasteiger partial charge in [-0.1, -0.05) is 45.0 Å². The van der Waals surface area contributed by atoms with Gasteiger partial charge in [0.2, 0.25) is 17.7 Å². The van der Waals surface area contributed by atoms with Gasteiger partial charge >= 0.3 is 12.1 Å². The van der Waals surface area contributed by atoms with Crippen molar-refractivity contribution >= 4 is 46.2 Å². The number of hydrogen-bond donors (Lipinski definition) is 3. The third-order valence-electron chi connectivity index (χ3n) is 8.22. The predicted molar refractivity (Wildman–Crippen MR) is 177 cm³/mol. The monoisotopic (exact) mass is 663 g/mol. The number of thiophene rings is 1. The van der Waals surface area contributed by atoms with E-state index in [0.29, 0.717) is 16.7 Å². The maximum atomic E-state index is 14.3. The van der Waals surface area contributed by atoms with Crippen LogP contribution in [-0.2, 0) is 19.1 Å². The van der Waals surface area contributed by atoms with Gasteiger partial charge in [0.25, 0.3) is 0 Å². The predicted octanol–water partition coefficient (Wildman–Crippen LogP) is 4.79. The zero-order chi connectivity index (χ0) is 34.3. The van der Waals surface area contributed by atoms with Crippen LogP contribution in [0.4, 0.5) is 4.79 Å². The Hall–Kier alpha value is -4.52.